The molecule has 0 radical (unpaired) electrons. The van der Waals surface area contributed by atoms with Gasteiger partial charge in [-0.3, -0.25) is 0 Å². The van der Waals surface area contributed by atoms with Crippen molar-refractivity contribution in [3.05, 3.63) is 42.0 Å². The van der Waals surface area contributed by atoms with Gasteiger partial charge in [-0.2, -0.15) is 0 Å². The van der Waals surface area contributed by atoms with Crippen molar-refractivity contribution >= 4 is 0 Å². The maximum Gasteiger partial charge on any atom is 0.120 e. The van der Waals surface area contributed by atoms with Crippen LogP contribution in [0.15, 0.2) is 36.4 Å². The minimum absolute atomic E-state index is 0.628. The Bertz CT molecular complexity index is 294. The van der Waals surface area contributed by atoms with Crippen LogP contribution in [0, 0.1) is 0 Å². The molecule has 0 spiro atoms. The molecule has 14 heavy (non-hydrogen) atoms. The second kappa shape index (κ2) is 6.22. The Morgan fingerprint density at radius 3 is 3.00 bits per heavy atom. The second-order valence-electron chi connectivity index (χ2n) is 3.07. The van der Waals surface area contributed by atoms with Crippen LogP contribution in [0.5, 0.6) is 5.75 Å². The lowest BCUT2D eigenvalue weighted by Crippen LogP contribution is -2.02. The van der Waals surface area contributed by atoms with Crippen molar-refractivity contribution in [2.45, 2.75) is 13.3 Å². The molecule has 0 aliphatic carbocycles. The number of rotatable bonds is 5. The number of nitrogens with two attached hydrogens (primary N) is 1. The van der Waals surface area contributed by atoms with Gasteiger partial charge in [0.15, 0.2) is 0 Å². The van der Waals surface area contributed by atoms with Crippen LogP contribution in [0.2, 0.25) is 0 Å². The molecule has 0 heterocycles. The zero-order valence-electron chi connectivity index (χ0n) is 8.57. The van der Waals surface area contributed by atoms with E-state index in [2.05, 4.69) is 6.07 Å². The Morgan fingerprint density at radius 2 is 2.29 bits per heavy atom. The van der Waals surface area contributed by atoms with Crippen LogP contribution < -0.4 is 10.5 Å². The molecule has 0 bridgehead atoms. The summed E-state index contributed by atoms with van der Waals surface area (Å²) in [6, 6.07) is 8.06. The highest BCUT2D eigenvalue weighted by molar-refractivity contribution is 5.28. The molecule has 2 N–H and O–H groups in total. The Balaban J connectivity index is 2.54. The fraction of sp³-hybridized carbons (Fsp3) is 0.333. The zero-order valence-corrected chi connectivity index (χ0v) is 8.57. The van der Waals surface area contributed by atoms with Crippen LogP contribution in [0.3, 0.4) is 0 Å². The monoisotopic (exact) mass is 191 g/mol. The van der Waals surface area contributed by atoms with Crippen molar-refractivity contribution < 1.29 is 4.74 Å². The van der Waals surface area contributed by atoms with Crippen LogP contribution in [0.25, 0.3) is 0 Å². The summed E-state index contributed by atoms with van der Waals surface area (Å²) in [4.78, 5) is 0. The van der Waals surface area contributed by atoms with Gasteiger partial charge < -0.3 is 10.5 Å². The molecule has 1 aromatic carbocycles. The van der Waals surface area contributed by atoms with Crippen LogP contribution in [-0.2, 0) is 6.42 Å². The molecule has 0 saturated heterocycles. The second-order valence-corrected chi connectivity index (χ2v) is 3.07. The summed E-state index contributed by atoms with van der Waals surface area (Å²) in [7, 11) is 0. The Kier molecular flexibility index (Phi) is 4.79. The van der Waals surface area contributed by atoms with Gasteiger partial charge in [-0.15, -0.1) is 0 Å². The highest BCUT2D eigenvalue weighted by atomic mass is 16.5. The normalized spacial score (nSPS) is 10.7. The number of ether oxygens (including phenoxy) is 1. The van der Waals surface area contributed by atoms with E-state index in [9.17, 15) is 0 Å². The smallest absolute Gasteiger partial charge is 0.120 e. The molecule has 2 heteroatoms. The third-order valence-corrected chi connectivity index (χ3v) is 1.91. The maximum atomic E-state index is 5.51. The minimum Gasteiger partial charge on any atom is -0.490 e. The van der Waals surface area contributed by atoms with Gasteiger partial charge in [-0.25, -0.2) is 0 Å². The first-order valence-corrected chi connectivity index (χ1v) is 4.89. The van der Waals surface area contributed by atoms with E-state index >= 15 is 0 Å². The summed E-state index contributed by atoms with van der Waals surface area (Å²) in [5.41, 5.74) is 6.71. The summed E-state index contributed by atoms with van der Waals surface area (Å²) in [5.74, 6) is 0.911. The van der Waals surface area contributed by atoms with Gasteiger partial charge in [0.1, 0.15) is 12.4 Å². The molecule has 1 rings (SSSR count). The SMILES string of the molecule is C/C=C/COc1cccc(CCN)c1. The molecular weight excluding hydrogens is 174 g/mol. The van der Waals surface area contributed by atoms with Crippen molar-refractivity contribution in [1.82, 2.24) is 0 Å². The minimum atomic E-state index is 0.628. The molecule has 1 aromatic rings. The van der Waals surface area contributed by atoms with Gasteiger partial charge >= 0.3 is 0 Å². The molecule has 0 atom stereocenters. The van der Waals surface area contributed by atoms with Gasteiger partial charge in [0.2, 0.25) is 0 Å². The van der Waals surface area contributed by atoms with Crippen LogP contribution in [0.4, 0.5) is 0 Å². The topological polar surface area (TPSA) is 35.2 Å². The Morgan fingerprint density at radius 1 is 1.43 bits per heavy atom. The van der Waals surface area contributed by atoms with Crippen molar-refractivity contribution in [3.8, 4) is 5.75 Å². The van der Waals surface area contributed by atoms with E-state index in [1.54, 1.807) is 0 Å². The van der Waals surface area contributed by atoms with Crippen LogP contribution in [-0.4, -0.2) is 13.2 Å². The fourth-order valence-corrected chi connectivity index (χ4v) is 1.20. The first-order chi connectivity index (χ1) is 6.86. The predicted molar refractivity (Wildman–Crippen MR) is 59.5 cm³/mol. The molecule has 76 valence electrons. The van der Waals surface area contributed by atoms with E-state index < -0.39 is 0 Å². The van der Waals surface area contributed by atoms with Gasteiger partial charge in [-0.1, -0.05) is 24.3 Å². The van der Waals surface area contributed by atoms with Crippen LogP contribution >= 0.6 is 0 Å². The molecule has 0 aromatic heterocycles. The zero-order chi connectivity index (χ0) is 10.2. The van der Waals surface area contributed by atoms with E-state index in [1.807, 2.05) is 37.3 Å². The number of benzene rings is 1. The predicted octanol–water partition coefficient (Wildman–Crippen LogP) is 2.14. The highest BCUT2D eigenvalue weighted by Gasteiger charge is 1.94. The lowest BCUT2D eigenvalue weighted by Gasteiger charge is -2.05. The van der Waals surface area contributed by atoms with Crippen LogP contribution in [0.1, 0.15) is 12.5 Å². The van der Waals surface area contributed by atoms with Crippen molar-refractivity contribution in [3.63, 3.8) is 0 Å². The molecule has 0 saturated carbocycles. The third kappa shape index (κ3) is 3.62. The number of allylic oxidation sites excluding steroid dienone is 1. The number of hydrogen-bond donors (Lipinski definition) is 1. The summed E-state index contributed by atoms with van der Waals surface area (Å²) in [6.07, 6.45) is 4.86. The van der Waals surface area contributed by atoms with E-state index in [0.717, 1.165) is 12.2 Å². The first kappa shape index (κ1) is 10.8. The van der Waals surface area contributed by atoms with Crippen molar-refractivity contribution in [2.24, 2.45) is 5.73 Å². The Labute approximate surface area is 85.4 Å². The maximum absolute atomic E-state index is 5.51. The molecule has 0 aliphatic heterocycles. The molecule has 0 fully saturated rings. The van der Waals surface area contributed by atoms with Crippen molar-refractivity contribution in [2.75, 3.05) is 13.2 Å². The fourth-order valence-electron chi connectivity index (χ4n) is 1.20. The largest absolute Gasteiger partial charge is 0.490 e. The quantitative estimate of drug-likeness (QED) is 0.724. The summed E-state index contributed by atoms with van der Waals surface area (Å²) < 4.78 is 5.51. The molecule has 2 nitrogen and oxygen atoms in total. The van der Waals surface area contributed by atoms with Gasteiger partial charge in [0.05, 0.1) is 0 Å². The van der Waals surface area contributed by atoms with Gasteiger partial charge in [0, 0.05) is 0 Å². The summed E-state index contributed by atoms with van der Waals surface area (Å²) >= 11 is 0. The van der Waals surface area contributed by atoms with E-state index in [0.29, 0.717) is 13.2 Å². The molecule has 0 unspecified atom stereocenters. The van der Waals surface area contributed by atoms with E-state index in [4.69, 9.17) is 10.5 Å². The lowest BCUT2D eigenvalue weighted by molar-refractivity contribution is 0.362. The van der Waals surface area contributed by atoms with Gasteiger partial charge in [0.25, 0.3) is 0 Å². The van der Waals surface area contributed by atoms with E-state index in [1.165, 1.54) is 5.56 Å². The summed E-state index contributed by atoms with van der Waals surface area (Å²) in [5, 5.41) is 0. The summed E-state index contributed by atoms with van der Waals surface area (Å²) in [6.45, 7) is 3.29. The van der Waals surface area contributed by atoms with Gasteiger partial charge in [-0.05, 0) is 37.6 Å². The standard InChI is InChI=1S/C12H17NO/c1-2-3-9-14-12-6-4-5-11(10-12)7-8-13/h2-6,10H,7-9,13H2,1H3/b3-2+. The first-order valence-electron chi connectivity index (χ1n) is 4.89. The van der Waals surface area contributed by atoms with E-state index in [-0.39, 0.29) is 0 Å². The number of hydrogen-bond acceptors (Lipinski definition) is 2. The molecule has 0 amide bonds. The third-order valence-electron chi connectivity index (χ3n) is 1.91. The highest BCUT2D eigenvalue weighted by Crippen LogP contribution is 2.13. The molecule has 0 aliphatic rings. The lowest BCUT2D eigenvalue weighted by atomic mass is 10.1. The Hall–Kier alpha value is -1.28. The average molecular weight is 191 g/mol. The average Bonchev–Trinajstić information content (AvgIpc) is 2.19. The molecular formula is C12H17NO. The van der Waals surface area contributed by atoms with Crippen molar-refractivity contribution in [1.29, 1.82) is 0 Å².